The Labute approximate surface area is 94.3 Å². The molecule has 0 unspecified atom stereocenters. The van der Waals surface area contributed by atoms with Gasteiger partial charge in [-0.05, 0) is 6.92 Å². The summed E-state index contributed by atoms with van der Waals surface area (Å²) in [4.78, 5) is 6.58. The van der Waals surface area contributed by atoms with Gasteiger partial charge in [-0.1, -0.05) is 11.3 Å². The zero-order valence-electron chi connectivity index (χ0n) is 9.03. The smallest absolute Gasteiger partial charge is 0.196 e. The summed E-state index contributed by atoms with van der Waals surface area (Å²) in [6.07, 6.45) is 0. The molecule has 1 aromatic heterocycles. The highest BCUT2D eigenvalue weighted by Crippen LogP contribution is 2.21. The fourth-order valence-corrected chi connectivity index (χ4v) is 2.31. The normalized spacial score (nSPS) is 17.9. The van der Waals surface area contributed by atoms with E-state index in [1.54, 1.807) is 11.3 Å². The summed E-state index contributed by atoms with van der Waals surface area (Å²) in [5, 5.41) is 4.30. The SMILES string of the molecule is Cc1ncsc1OCCN1CCNCC1. The minimum absolute atomic E-state index is 0.767. The minimum Gasteiger partial charge on any atom is -0.481 e. The van der Waals surface area contributed by atoms with Gasteiger partial charge < -0.3 is 10.1 Å². The highest BCUT2D eigenvalue weighted by atomic mass is 32.1. The third-order valence-corrected chi connectivity index (χ3v) is 3.39. The lowest BCUT2D eigenvalue weighted by atomic mass is 10.4. The van der Waals surface area contributed by atoms with Crippen LogP contribution in [0.5, 0.6) is 5.06 Å². The average molecular weight is 227 g/mol. The van der Waals surface area contributed by atoms with E-state index in [0.717, 1.165) is 50.1 Å². The third-order valence-electron chi connectivity index (χ3n) is 2.55. The van der Waals surface area contributed by atoms with Crippen molar-refractivity contribution in [3.63, 3.8) is 0 Å². The Hall–Kier alpha value is -0.650. The molecular formula is C10H17N3OS. The third kappa shape index (κ3) is 3.15. The molecule has 1 N–H and O–H groups in total. The largest absolute Gasteiger partial charge is 0.481 e. The Morgan fingerprint density at radius 2 is 2.33 bits per heavy atom. The van der Waals surface area contributed by atoms with Crippen molar-refractivity contribution in [3.05, 3.63) is 11.2 Å². The van der Waals surface area contributed by atoms with E-state index in [0.29, 0.717) is 0 Å². The van der Waals surface area contributed by atoms with Crippen LogP contribution in [0.25, 0.3) is 0 Å². The van der Waals surface area contributed by atoms with Gasteiger partial charge >= 0.3 is 0 Å². The number of aryl methyl sites for hydroxylation is 1. The number of rotatable bonds is 4. The topological polar surface area (TPSA) is 37.4 Å². The van der Waals surface area contributed by atoms with Crippen molar-refractivity contribution in [1.29, 1.82) is 0 Å². The second-order valence-corrected chi connectivity index (χ2v) is 4.48. The molecule has 0 aromatic carbocycles. The van der Waals surface area contributed by atoms with Gasteiger partial charge in [0.25, 0.3) is 0 Å². The van der Waals surface area contributed by atoms with Crippen LogP contribution >= 0.6 is 11.3 Å². The molecule has 0 spiro atoms. The van der Waals surface area contributed by atoms with Gasteiger partial charge in [-0.15, -0.1) is 0 Å². The number of hydrogen-bond acceptors (Lipinski definition) is 5. The minimum atomic E-state index is 0.767. The average Bonchev–Trinajstić information content (AvgIpc) is 2.66. The molecule has 2 heterocycles. The second-order valence-electron chi connectivity index (χ2n) is 3.67. The first-order valence-electron chi connectivity index (χ1n) is 5.32. The molecule has 0 bridgehead atoms. The van der Waals surface area contributed by atoms with E-state index < -0.39 is 0 Å². The number of aromatic nitrogens is 1. The molecule has 1 fully saturated rings. The molecule has 0 saturated carbocycles. The van der Waals surface area contributed by atoms with Gasteiger partial charge in [-0.3, -0.25) is 4.90 Å². The number of piperazine rings is 1. The Morgan fingerprint density at radius 1 is 1.53 bits per heavy atom. The van der Waals surface area contributed by atoms with Crippen molar-refractivity contribution in [2.75, 3.05) is 39.3 Å². The van der Waals surface area contributed by atoms with Gasteiger partial charge in [0.1, 0.15) is 6.61 Å². The van der Waals surface area contributed by atoms with Gasteiger partial charge in [0.15, 0.2) is 5.06 Å². The summed E-state index contributed by atoms with van der Waals surface area (Å²) >= 11 is 1.57. The number of thiazole rings is 1. The van der Waals surface area contributed by atoms with Crippen LogP contribution in [0.3, 0.4) is 0 Å². The van der Waals surface area contributed by atoms with E-state index in [-0.39, 0.29) is 0 Å². The van der Waals surface area contributed by atoms with Gasteiger partial charge in [-0.2, -0.15) is 0 Å². The van der Waals surface area contributed by atoms with E-state index in [9.17, 15) is 0 Å². The summed E-state index contributed by atoms with van der Waals surface area (Å²) in [6, 6.07) is 0. The first kappa shape index (κ1) is 10.9. The molecule has 0 atom stereocenters. The van der Waals surface area contributed by atoms with Gasteiger partial charge in [0.2, 0.25) is 0 Å². The highest BCUT2D eigenvalue weighted by molar-refractivity contribution is 7.11. The lowest BCUT2D eigenvalue weighted by molar-refractivity contribution is 0.193. The number of nitrogens with one attached hydrogen (secondary N) is 1. The molecule has 0 amide bonds. The molecule has 1 aromatic rings. The van der Waals surface area contributed by atoms with Crippen molar-refractivity contribution in [2.45, 2.75) is 6.92 Å². The molecule has 15 heavy (non-hydrogen) atoms. The summed E-state index contributed by atoms with van der Waals surface area (Å²) in [6.45, 7) is 8.22. The second kappa shape index (κ2) is 5.44. The Morgan fingerprint density at radius 3 is 3.00 bits per heavy atom. The summed E-state index contributed by atoms with van der Waals surface area (Å²) in [7, 11) is 0. The molecular weight excluding hydrogens is 210 g/mol. The molecule has 5 heteroatoms. The van der Waals surface area contributed by atoms with E-state index in [4.69, 9.17) is 4.74 Å². The predicted octanol–water partition coefficient (Wildman–Crippen LogP) is 0.736. The maximum atomic E-state index is 5.67. The standard InChI is InChI=1S/C10H17N3OS/c1-9-10(15-8-12-9)14-7-6-13-4-2-11-3-5-13/h8,11H,2-7H2,1H3. The van der Waals surface area contributed by atoms with Crippen molar-refractivity contribution >= 4 is 11.3 Å². The Bertz CT molecular complexity index is 297. The number of nitrogens with zero attached hydrogens (tertiary/aromatic N) is 2. The quantitative estimate of drug-likeness (QED) is 0.823. The summed E-state index contributed by atoms with van der Waals surface area (Å²) < 4.78 is 5.67. The van der Waals surface area contributed by atoms with Crippen LogP contribution < -0.4 is 10.1 Å². The zero-order valence-corrected chi connectivity index (χ0v) is 9.85. The van der Waals surface area contributed by atoms with Crippen molar-refractivity contribution < 1.29 is 4.74 Å². The maximum absolute atomic E-state index is 5.67. The molecule has 0 aliphatic carbocycles. The lowest BCUT2D eigenvalue weighted by Gasteiger charge is -2.26. The fraction of sp³-hybridized carbons (Fsp3) is 0.700. The Kier molecular flexibility index (Phi) is 3.94. The van der Waals surface area contributed by atoms with Crippen LogP contribution in [-0.4, -0.2) is 49.2 Å². The lowest BCUT2D eigenvalue weighted by Crippen LogP contribution is -2.44. The van der Waals surface area contributed by atoms with E-state index >= 15 is 0 Å². The summed E-state index contributed by atoms with van der Waals surface area (Å²) in [5.41, 5.74) is 2.83. The first-order chi connectivity index (χ1) is 7.36. The molecule has 1 aliphatic rings. The van der Waals surface area contributed by atoms with Gasteiger partial charge in [0.05, 0.1) is 11.2 Å². The molecule has 4 nitrogen and oxygen atoms in total. The van der Waals surface area contributed by atoms with Crippen LogP contribution in [0.4, 0.5) is 0 Å². The molecule has 1 aliphatic heterocycles. The summed E-state index contributed by atoms with van der Waals surface area (Å²) in [5.74, 6) is 0. The van der Waals surface area contributed by atoms with Crippen LogP contribution in [0.1, 0.15) is 5.69 Å². The van der Waals surface area contributed by atoms with Crippen LogP contribution in [0, 0.1) is 6.92 Å². The zero-order chi connectivity index (χ0) is 10.5. The Balaban J connectivity index is 1.68. The molecule has 84 valence electrons. The molecule has 0 radical (unpaired) electrons. The molecule has 1 saturated heterocycles. The number of hydrogen-bond donors (Lipinski definition) is 1. The first-order valence-corrected chi connectivity index (χ1v) is 6.20. The van der Waals surface area contributed by atoms with Crippen LogP contribution in [0.2, 0.25) is 0 Å². The van der Waals surface area contributed by atoms with Crippen LogP contribution in [0.15, 0.2) is 5.51 Å². The van der Waals surface area contributed by atoms with Crippen molar-refractivity contribution in [2.24, 2.45) is 0 Å². The molecule has 2 rings (SSSR count). The highest BCUT2D eigenvalue weighted by Gasteiger charge is 2.09. The monoisotopic (exact) mass is 227 g/mol. The van der Waals surface area contributed by atoms with Crippen LogP contribution in [-0.2, 0) is 0 Å². The predicted molar refractivity (Wildman–Crippen MR) is 61.7 cm³/mol. The van der Waals surface area contributed by atoms with Crippen molar-refractivity contribution in [3.8, 4) is 5.06 Å². The van der Waals surface area contributed by atoms with Gasteiger partial charge in [0, 0.05) is 32.7 Å². The van der Waals surface area contributed by atoms with Crippen molar-refractivity contribution in [1.82, 2.24) is 15.2 Å². The van der Waals surface area contributed by atoms with E-state index in [1.165, 1.54) is 0 Å². The maximum Gasteiger partial charge on any atom is 0.196 e. The van der Waals surface area contributed by atoms with Gasteiger partial charge in [-0.25, -0.2) is 4.98 Å². The van der Waals surface area contributed by atoms with E-state index in [2.05, 4.69) is 15.2 Å². The number of ether oxygens (including phenoxy) is 1. The van der Waals surface area contributed by atoms with E-state index in [1.807, 2.05) is 12.4 Å². The fourth-order valence-electron chi connectivity index (χ4n) is 1.63.